The molecule has 3 amide bonds. The molecule has 2 aromatic carbocycles. The average Bonchev–Trinajstić information content (AvgIpc) is 2.49. The monoisotopic (exact) mass is 359 g/mol. The molecule has 0 aliphatic carbocycles. The summed E-state index contributed by atoms with van der Waals surface area (Å²) in [6, 6.07) is 9.82. The molecule has 0 unspecified atom stereocenters. The highest BCUT2D eigenvalue weighted by atomic mass is 35.5. The van der Waals surface area contributed by atoms with E-state index in [4.69, 9.17) is 11.6 Å². The third kappa shape index (κ3) is 5.32. The Labute approximate surface area is 150 Å². The summed E-state index contributed by atoms with van der Waals surface area (Å²) < 4.78 is 0. The van der Waals surface area contributed by atoms with Crippen LogP contribution in [0.1, 0.15) is 29.8 Å². The lowest BCUT2D eigenvalue weighted by Crippen LogP contribution is -2.15. The van der Waals surface area contributed by atoms with Gasteiger partial charge in [0.1, 0.15) is 0 Å². The van der Waals surface area contributed by atoms with E-state index in [2.05, 4.69) is 16.0 Å². The number of rotatable bonds is 4. The number of carbonyl (C=O) groups is 3. The maximum atomic E-state index is 12.5. The topological polar surface area (TPSA) is 87.3 Å². The van der Waals surface area contributed by atoms with Crippen LogP contribution in [0, 0.1) is 6.92 Å². The summed E-state index contributed by atoms with van der Waals surface area (Å²) in [6.07, 6.45) is 0. The first-order valence-corrected chi connectivity index (χ1v) is 7.90. The van der Waals surface area contributed by atoms with E-state index >= 15 is 0 Å². The molecule has 0 saturated heterocycles. The first kappa shape index (κ1) is 18.5. The van der Waals surface area contributed by atoms with Crippen molar-refractivity contribution >= 4 is 46.4 Å². The highest BCUT2D eigenvalue weighted by molar-refractivity contribution is 6.31. The SMILES string of the molecule is CC(=O)Nc1cc(NC(C)=O)cc(C(=O)Nc2ccc(C)c(Cl)c2)c1. The van der Waals surface area contributed by atoms with Crippen molar-refractivity contribution < 1.29 is 14.4 Å². The highest BCUT2D eigenvalue weighted by Gasteiger charge is 2.11. The summed E-state index contributed by atoms with van der Waals surface area (Å²) in [5.74, 6) is -0.952. The Bertz CT molecular complexity index is 815. The Morgan fingerprint density at radius 2 is 1.36 bits per heavy atom. The number of benzene rings is 2. The lowest BCUT2D eigenvalue weighted by Gasteiger charge is -2.11. The number of carbonyl (C=O) groups excluding carboxylic acids is 3. The number of hydrogen-bond acceptors (Lipinski definition) is 3. The Morgan fingerprint density at radius 1 is 0.800 bits per heavy atom. The molecule has 0 fully saturated rings. The zero-order valence-electron chi connectivity index (χ0n) is 14.1. The van der Waals surface area contributed by atoms with Gasteiger partial charge in [0.05, 0.1) is 0 Å². The van der Waals surface area contributed by atoms with Crippen LogP contribution in [0.4, 0.5) is 17.1 Å². The average molecular weight is 360 g/mol. The molecule has 0 aliphatic heterocycles. The predicted molar refractivity (Wildman–Crippen MR) is 99.2 cm³/mol. The normalized spacial score (nSPS) is 10.1. The molecule has 0 aliphatic rings. The summed E-state index contributed by atoms with van der Waals surface area (Å²) in [6.45, 7) is 4.59. The Morgan fingerprint density at radius 3 is 1.84 bits per heavy atom. The molecule has 0 saturated carbocycles. The molecule has 3 N–H and O–H groups in total. The van der Waals surface area contributed by atoms with Crippen LogP contribution < -0.4 is 16.0 Å². The zero-order valence-corrected chi connectivity index (χ0v) is 14.8. The Balaban J connectivity index is 2.31. The van der Waals surface area contributed by atoms with Gasteiger partial charge in [-0.25, -0.2) is 0 Å². The van der Waals surface area contributed by atoms with Crippen molar-refractivity contribution in [3.63, 3.8) is 0 Å². The van der Waals surface area contributed by atoms with Crippen LogP contribution in [0.5, 0.6) is 0 Å². The van der Waals surface area contributed by atoms with E-state index in [0.717, 1.165) is 5.56 Å². The van der Waals surface area contributed by atoms with E-state index in [1.165, 1.54) is 26.0 Å². The fourth-order valence-corrected chi connectivity index (χ4v) is 2.36. The van der Waals surface area contributed by atoms with Gasteiger partial charge in [0.2, 0.25) is 11.8 Å². The maximum absolute atomic E-state index is 12.5. The number of halogens is 1. The largest absolute Gasteiger partial charge is 0.326 e. The third-order valence-electron chi connectivity index (χ3n) is 3.27. The van der Waals surface area contributed by atoms with Crippen LogP contribution in [0.25, 0.3) is 0 Å². The van der Waals surface area contributed by atoms with Gasteiger partial charge in [-0.3, -0.25) is 14.4 Å². The summed E-state index contributed by atoms with van der Waals surface area (Å²) >= 11 is 6.06. The molecule has 0 aromatic heterocycles. The second-order valence-electron chi connectivity index (χ2n) is 5.58. The van der Waals surface area contributed by atoms with Crippen LogP contribution in [0.2, 0.25) is 5.02 Å². The van der Waals surface area contributed by atoms with Crippen molar-refractivity contribution in [1.82, 2.24) is 0 Å². The lowest BCUT2D eigenvalue weighted by molar-refractivity contribution is -0.115. The quantitative estimate of drug-likeness (QED) is 0.775. The first-order chi connectivity index (χ1) is 11.7. The molecule has 25 heavy (non-hydrogen) atoms. The van der Waals surface area contributed by atoms with Crippen molar-refractivity contribution in [2.45, 2.75) is 20.8 Å². The first-order valence-electron chi connectivity index (χ1n) is 7.52. The number of hydrogen-bond donors (Lipinski definition) is 3. The van der Waals surface area contributed by atoms with E-state index in [-0.39, 0.29) is 17.4 Å². The predicted octanol–water partition coefficient (Wildman–Crippen LogP) is 3.82. The van der Waals surface area contributed by atoms with Gasteiger partial charge in [-0.1, -0.05) is 17.7 Å². The molecule has 6 nitrogen and oxygen atoms in total. The van der Waals surface area contributed by atoms with Gasteiger partial charge in [0.15, 0.2) is 0 Å². The van der Waals surface area contributed by atoms with Gasteiger partial charge < -0.3 is 16.0 Å². The number of amides is 3. The van der Waals surface area contributed by atoms with E-state index < -0.39 is 5.91 Å². The number of anilines is 3. The van der Waals surface area contributed by atoms with Crippen molar-refractivity contribution in [2.75, 3.05) is 16.0 Å². The standard InChI is InChI=1S/C18H18ClN3O3/c1-10-4-5-14(9-17(10)19)22-18(25)13-6-15(20-11(2)23)8-16(7-13)21-12(3)24/h4-9H,1-3H3,(H,20,23)(H,21,24)(H,22,25). The molecule has 0 radical (unpaired) electrons. The number of nitrogens with one attached hydrogen (secondary N) is 3. The summed E-state index contributed by atoms with van der Waals surface area (Å²) in [5, 5.41) is 8.49. The van der Waals surface area contributed by atoms with E-state index in [9.17, 15) is 14.4 Å². The van der Waals surface area contributed by atoms with Gasteiger partial charge in [-0.15, -0.1) is 0 Å². The Kier molecular flexibility index (Phi) is 5.77. The molecule has 0 atom stereocenters. The second kappa shape index (κ2) is 7.81. The van der Waals surface area contributed by atoms with Crippen molar-refractivity contribution in [2.24, 2.45) is 0 Å². The van der Waals surface area contributed by atoms with Gasteiger partial charge in [-0.05, 0) is 42.8 Å². The fraction of sp³-hybridized carbons (Fsp3) is 0.167. The van der Waals surface area contributed by atoms with Crippen molar-refractivity contribution in [3.8, 4) is 0 Å². The molecule has 0 heterocycles. The van der Waals surface area contributed by atoms with E-state index in [0.29, 0.717) is 22.1 Å². The summed E-state index contributed by atoms with van der Waals surface area (Å²) in [7, 11) is 0. The van der Waals surface area contributed by atoms with Gasteiger partial charge >= 0.3 is 0 Å². The molecule has 0 spiro atoms. The third-order valence-corrected chi connectivity index (χ3v) is 3.67. The summed E-state index contributed by atoms with van der Waals surface area (Å²) in [5.41, 5.74) is 2.55. The molecule has 2 aromatic rings. The minimum Gasteiger partial charge on any atom is -0.326 e. The second-order valence-corrected chi connectivity index (χ2v) is 5.99. The van der Waals surface area contributed by atoms with E-state index in [1.54, 1.807) is 24.3 Å². The Hall–Kier alpha value is -2.86. The van der Waals surface area contributed by atoms with Gasteiger partial charge in [0.25, 0.3) is 5.91 Å². The highest BCUT2D eigenvalue weighted by Crippen LogP contribution is 2.23. The van der Waals surface area contributed by atoms with Crippen LogP contribution in [0.15, 0.2) is 36.4 Å². The smallest absolute Gasteiger partial charge is 0.255 e. The number of aryl methyl sites for hydroxylation is 1. The van der Waals surface area contributed by atoms with Crippen molar-refractivity contribution in [3.05, 3.63) is 52.5 Å². The lowest BCUT2D eigenvalue weighted by atomic mass is 10.1. The summed E-state index contributed by atoms with van der Waals surface area (Å²) in [4.78, 5) is 35.1. The van der Waals surface area contributed by atoms with Crippen LogP contribution in [0.3, 0.4) is 0 Å². The minimum atomic E-state index is -0.390. The molecule has 130 valence electrons. The maximum Gasteiger partial charge on any atom is 0.255 e. The molecular weight excluding hydrogens is 342 g/mol. The molecule has 0 bridgehead atoms. The molecule has 7 heteroatoms. The van der Waals surface area contributed by atoms with Crippen molar-refractivity contribution in [1.29, 1.82) is 0 Å². The van der Waals surface area contributed by atoms with Gasteiger partial charge in [-0.2, -0.15) is 0 Å². The molecular formula is C18H18ClN3O3. The van der Waals surface area contributed by atoms with Crippen LogP contribution in [-0.2, 0) is 9.59 Å². The van der Waals surface area contributed by atoms with Crippen LogP contribution in [-0.4, -0.2) is 17.7 Å². The van der Waals surface area contributed by atoms with Crippen LogP contribution >= 0.6 is 11.6 Å². The minimum absolute atomic E-state index is 0.281. The molecule has 2 rings (SSSR count). The fourth-order valence-electron chi connectivity index (χ4n) is 2.18. The van der Waals surface area contributed by atoms with Gasteiger partial charge in [0, 0.05) is 41.5 Å². The van der Waals surface area contributed by atoms with E-state index in [1.807, 2.05) is 6.92 Å². The zero-order chi connectivity index (χ0) is 18.6.